The number of aromatic hydroxyl groups is 2. The van der Waals surface area contributed by atoms with Crippen molar-refractivity contribution in [3.63, 3.8) is 0 Å². The van der Waals surface area contributed by atoms with Gasteiger partial charge in [0, 0.05) is 18.2 Å². The molecule has 0 atom stereocenters. The molecule has 0 aliphatic rings. The summed E-state index contributed by atoms with van der Waals surface area (Å²) in [5.41, 5.74) is 0.635. The monoisotopic (exact) mass is 496 g/mol. The van der Waals surface area contributed by atoms with E-state index in [1.165, 1.54) is 52.3 Å². The van der Waals surface area contributed by atoms with Gasteiger partial charge in [0.25, 0.3) is 0 Å². The SMILES string of the molecule is COc1cc(C)c(C(=O)Oc2cc(C)c(C(=O)Oc3cc(C)c(C(=O)O)c(OC)c3)c(O)c2)c(O)c1. The highest BCUT2D eigenvalue weighted by Gasteiger charge is 2.23. The number of benzene rings is 3. The molecule has 10 nitrogen and oxygen atoms in total. The highest BCUT2D eigenvalue weighted by molar-refractivity contribution is 5.98. The number of aromatic carboxylic acids is 1. The first-order valence-electron chi connectivity index (χ1n) is 10.5. The molecule has 0 aromatic heterocycles. The summed E-state index contributed by atoms with van der Waals surface area (Å²) in [6.45, 7) is 4.63. The van der Waals surface area contributed by atoms with E-state index in [1.54, 1.807) is 13.0 Å². The van der Waals surface area contributed by atoms with Crippen LogP contribution in [0.2, 0.25) is 0 Å². The second-order valence-electron chi connectivity index (χ2n) is 7.87. The Bertz CT molecular complexity index is 1330. The van der Waals surface area contributed by atoms with Gasteiger partial charge in [-0.2, -0.15) is 0 Å². The predicted octanol–water partition coefficient (Wildman–Crippen LogP) is 4.18. The number of esters is 2. The van der Waals surface area contributed by atoms with Gasteiger partial charge < -0.3 is 34.3 Å². The average molecular weight is 496 g/mol. The van der Waals surface area contributed by atoms with Gasteiger partial charge in [-0.25, -0.2) is 14.4 Å². The molecule has 0 heterocycles. The first-order valence-corrected chi connectivity index (χ1v) is 10.5. The maximum absolute atomic E-state index is 12.8. The maximum atomic E-state index is 12.8. The summed E-state index contributed by atoms with van der Waals surface area (Å²) in [5, 5.41) is 30.0. The minimum absolute atomic E-state index is 0.00517. The zero-order valence-corrected chi connectivity index (χ0v) is 20.2. The van der Waals surface area contributed by atoms with Crippen molar-refractivity contribution in [2.45, 2.75) is 20.8 Å². The Balaban J connectivity index is 1.86. The van der Waals surface area contributed by atoms with Crippen LogP contribution >= 0.6 is 0 Å². The van der Waals surface area contributed by atoms with Crippen LogP contribution in [0.25, 0.3) is 0 Å². The van der Waals surface area contributed by atoms with E-state index in [9.17, 15) is 29.7 Å². The van der Waals surface area contributed by atoms with Crippen LogP contribution in [0.1, 0.15) is 47.8 Å². The highest BCUT2D eigenvalue weighted by Crippen LogP contribution is 2.33. The molecule has 0 amide bonds. The number of carboxylic acids is 1. The summed E-state index contributed by atoms with van der Waals surface area (Å²) in [4.78, 5) is 36.9. The standard InChI is InChI=1S/C26H24O10/c1-12-6-15(33-4)9-18(27)21(12)25(31)35-16-7-13(2)22(19(28)10-16)26(32)36-17-8-14(3)23(24(29)30)20(11-17)34-5/h6-11,27-28H,1-5H3,(H,29,30). The minimum Gasteiger partial charge on any atom is -0.507 e. The molecule has 0 aliphatic heterocycles. The third-order valence-corrected chi connectivity index (χ3v) is 5.35. The molecular formula is C26H24O10. The molecule has 36 heavy (non-hydrogen) atoms. The van der Waals surface area contributed by atoms with Gasteiger partial charge in [0.1, 0.15) is 51.2 Å². The van der Waals surface area contributed by atoms with Crippen LogP contribution in [0, 0.1) is 20.8 Å². The zero-order valence-electron chi connectivity index (χ0n) is 20.2. The van der Waals surface area contributed by atoms with E-state index in [0.717, 1.165) is 6.07 Å². The van der Waals surface area contributed by atoms with Crippen LogP contribution in [-0.2, 0) is 0 Å². The lowest BCUT2D eigenvalue weighted by molar-refractivity contribution is 0.0689. The van der Waals surface area contributed by atoms with Gasteiger partial charge in [-0.1, -0.05) is 0 Å². The quantitative estimate of drug-likeness (QED) is 0.321. The normalized spacial score (nSPS) is 10.5. The van der Waals surface area contributed by atoms with E-state index in [0.29, 0.717) is 16.9 Å². The number of carboxylic acid groups (broad SMARTS) is 1. The van der Waals surface area contributed by atoms with Crippen molar-refractivity contribution in [2.75, 3.05) is 14.2 Å². The molecule has 3 aromatic rings. The van der Waals surface area contributed by atoms with Gasteiger partial charge in [0.05, 0.1) is 14.2 Å². The van der Waals surface area contributed by atoms with Crippen molar-refractivity contribution in [1.29, 1.82) is 0 Å². The van der Waals surface area contributed by atoms with Crippen LogP contribution in [0.15, 0.2) is 36.4 Å². The van der Waals surface area contributed by atoms with Crippen LogP contribution < -0.4 is 18.9 Å². The Labute approximate surface area is 206 Å². The van der Waals surface area contributed by atoms with Crippen molar-refractivity contribution >= 4 is 17.9 Å². The lowest BCUT2D eigenvalue weighted by Gasteiger charge is -2.14. The first kappa shape index (κ1) is 25.9. The number of hydrogen-bond acceptors (Lipinski definition) is 9. The van der Waals surface area contributed by atoms with E-state index in [-0.39, 0.29) is 45.3 Å². The lowest BCUT2D eigenvalue weighted by Crippen LogP contribution is -2.14. The van der Waals surface area contributed by atoms with E-state index in [2.05, 4.69) is 0 Å². The summed E-state index contributed by atoms with van der Waals surface area (Å²) in [5.74, 6) is -3.52. The number of aryl methyl sites for hydroxylation is 3. The molecule has 0 fully saturated rings. The number of ether oxygens (including phenoxy) is 4. The minimum atomic E-state index is -1.20. The maximum Gasteiger partial charge on any atom is 0.347 e. The largest absolute Gasteiger partial charge is 0.507 e. The van der Waals surface area contributed by atoms with E-state index in [1.807, 2.05) is 0 Å². The van der Waals surface area contributed by atoms with Crippen LogP contribution in [0.5, 0.6) is 34.5 Å². The lowest BCUT2D eigenvalue weighted by atomic mass is 10.1. The molecule has 10 heteroatoms. The molecule has 0 saturated carbocycles. The Kier molecular flexibility index (Phi) is 7.38. The molecular weight excluding hydrogens is 472 g/mol. The molecule has 0 bridgehead atoms. The number of hydrogen-bond donors (Lipinski definition) is 3. The molecule has 0 unspecified atom stereocenters. The summed E-state index contributed by atoms with van der Waals surface area (Å²) in [6.07, 6.45) is 0. The number of carbonyl (C=O) groups excluding carboxylic acids is 2. The smallest absolute Gasteiger partial charge is 0.347 e. The van der Waals surface area contributed by atoms with Crippen molar-refractivity contribution in [1.82, 2.24) is 0 Å². The number of rotatable bonds is 7. The topological polar surface area (TPSA) is 149 Å². The second kappa shape index (κ2) is 10.3. The van der Waals surface area contributed by atoms with E-state index in [4.69, 9.17) is 18.9 Å². The van der Waals surface area contributed by atoms with Crippen molar-refractivity contribution in [3.05, 3.63) is 69.8 Å². The molecule has 0 aliphatic carbocycles. The van der Waals surface area contributed by atoms with Crippen LogP contribution in [-0.4, -0.2) is 47.4 Å². The highest BCUT2D eigenvalue weighted by atomic mass is 16.5. The first-order chi connectivity index (χ1) is 17.0. The average Bonchev–Trinajstić information content (AvgIpc) is 2.77. The number of phenols is 2. The second-order valence-corrected chi connectivity index (χ2v) is 7.87. The van der Waals surface area contributed by atoms with Gasteiger partial charge in [0.2, 0.25) is 0 Å². The van der Waals surface area contributed by atoms with Gasteiger partial charge in [0.15, 0.2) is 0 Å². The molecule has 3 aromatic carbocycles. The number of carbonyl (C=O) groups is 3. The molecule has 0 spiro atoms. The number of phenolic OH excluding ortho intramolecular Hbond substituents is 2. The van der Waals surface area contributed by atoms with E-state index >= 15 is 0 Å². The van der Waals surface area contributed by atoms with Crippen LogP contribution in [0.3, 0.4) is 0 Å². The summed E-state index contributed by atoms with van der Waals surface area (Å²) < 4.78 is 20.8. The van der Waals surface area contributed by atoms with Crippen molar-refractivity contribution in [2.24, 2.45) is 0 Å². The predicted molar refractivity (Wildman–Crippen MR) is 127 cm³/mol. The van der Waals surface area contributed by atoms with Gasteiger partial charge in [-0.15, -0.1) is 0 Å². The molecule has 3 rings (SSSR count). The summed E-state index contributed by atoms with van der Waals surface area (Å²) in [7, 11) is 2.71. The molecule has 188 valence electrons. The molecule has 0 saturated heterocycles. The molecule has 0 radical (unpaired) electrons. The van der Waals surface area contributed by atoms with Crippen molar-refractivity contribution in [3.8, 4) is 34.5 Å². The molecule has 3 N–H and O–H groups in total. The van der Waals surface area contributed by atoms with Crippen LogP contribution in [0.4, 0.5) is 0 Å². The van der Waals surface area contributed by atoms with Gasteiger partial charge in [-0.3, -0.25) is 0 Å². The number of methoxy groups -OCH3 is 2. The van der Waals surface area contributed by atoms with Gasteiger partial charge >= 0.3 is 17.9 Å². The Hall–Kier alpha value is -4.73. The summed E-state index contributed by atoms with van der Waals surface area (Å²) >= 11 is 0. The van der Waals surface area contributed by atoms with Crippen molar-refractivity contribution < 1.29 is 48.7 Å². The fraction of sp³-hybridized carbons (Fsp3) is 0.192. The fourth-order valence-electron chi connectivity index (χ4n) is 3.71. The summed E-state index contributed by atoms with van der Waals surface area (Å²) in [6, 6.07) is 7.85. The third kappa shape index (κ3) is 5.17. The Morgan fingerprint density at radius 1 is 0.611 bits per heavy atom. The Morgan fingerprint density at radius 3 is 1.44 bits per heavy atom. The van der Waals surface area contributed by atoms with E-state index < -0.39 is 23.7 Å². The Morgan fingerprint density at radius 2 is 1.03 bits per heavy atom. The van der Waals surface area contributed by atoms with Gasteiger partial charge in [-0.05, 0) is 55.7 Å². The zero-order chi connectivity index (χ0) is 26.7. The third-order valence-electron chi connectivity index (χ3n) is 5.35. The fourth-order valence-corrected chi connectivity index (χ4v) is 3.71.